The summed E-state index contributed by atoms with van der Waals surface area (Å²) in [6, 6.07) is 13.9. The number of piperidine rings is 1. The Morgan fingerprint density at radius 3 is 2.15 bits per heavy atom. The Bertz CT molecular complexity index is 872. The highest BCUT2D eigenvalue weighted by atomic mass is 32.2. The van der Waals surface area contributed by atoms with Crippen molar-refractivity contribution in [1.82, 2.24) is 9.62 Å². The molecule has 144 valence electrons. The smallest absolute Gasteiger partial charge is 0.243 e. The van der Waals surface area contributed by atoms with Crippen molar-refractivity contribution in [3.05, 3.63) is 59.7 Å². The summed E-state index contributed by atoms with van der Waals surface area (Å²) in [7, 11) is -3.42. The standard InChI is InChI=1S/C20H25N3O3S/c21-18-8-4-16(5-9-18)14-20(24)22-15-17-6-10-19(11-7-17)27(25,26)23-12-2-1-3-13-23/h4-11H,1-3,12-15,21H2,(H,22,24). The van der Waals surface area contributed by atoms with Crippen molar-refractivity contribution in [1.29, 1.82) is 0 Å². The average Bonchev–Trinajstić information content (AvgIpc) is 2.69. The van der Waals surface area contributed by atoms with Crippen LogP contribution in [-0.4, -0.2) is 31.7 Å². The number of carbonyl (C=O) groups is 1. The molecule has 2 aromatic rings. The van der Waals surface area contributed by atoms with Gasteiger partial charge in [0.1, 0.15) is 0 Å². The van der Waals surface area contributed by atoms with Gasteiger partial charge in [0.2, 0.25) is 15.9 Å². The van der Waals surface area contributed by atoms with Crippen molar-refractivity contribution in [2.24, 2.45) is 0 Å². The van der Waals surface area contributed by atoms with Gasteiger partial charge in [-0.25, -0.2) is 8.42 Å². The third kappa shape index (κ3) is 5.08. The first-order chi connectivity index (χ1) is 12.9. The van der Waals surface area contributed by atoms with Gasteiger partial charge >= 0.3 is 0 Å². The van der Waals surface area contributed by atoms with Crippen LogP contribution in [0, 0.1) is 0 Å². The number of benzene rings is 2. The maximum Gasteiger partial charge on any atom is 0.243 e. The van der Waals surface area contributed by atoms with E-state index in [9.17, 15) is 13.2 Å². The number of nitrogens with zero attached hydrogens (tertiary/aromatic N) is 1. The van der Waals surface area contributed by atoms with Crippen LogP contribution >= 0.6 is 0 Å². The summed E-state index contributed by atoms with van der Waals surface area (Å²) in [5, 5.41) is 2.85. The van der Waals surface area contributed by atoms with E-state index in [2.05, 4.69) is 5.32 Å². The molecule has 3 N–H and O–H groups in total. The van der Waals surface area contributed by atoms with E-state index in [-0.39, 0.29) is 12.3 Å². The quantitative estimate of drug-likeness (QED) is 0.744. The van der Waals surface area contributed by atoms with Crippen LogP contribution in [0.15, 0.2) is 53.4 Å². The third-order valence-corrected chi connectivity index (χ3v) is 6.62. The van der Waals surface area contributed by atoms with E-state index in [1.807, 2.05) is 12.1 Å². The topological polar surface area (TPSA) is 92.5 Å². The molecule has 27 heavy (non-hydrogen) atoms. The maximum atomic E-state index is 12.6. The normalized spacial score (nSPS) is 15.4. The van der Waals surface area contributed by atoms with Gasteiger partial charge in [-0.1, -0.05) is 30.7 Å². The molecule has 1 fully saturated rings. The molecule has 0 bridgehead atoms. The number of nitrogen functional groups attached to an aromatic ring is 1. The predicted octanol–water partition coefficient (Wildman–Crippen LogP) is 2.30. The summed E-state index contributed by atoms with van der Waals surface area (Å²) in [6.45, 7) is 1.54. The van der Waals surface area contributed by atoms with Crippen molar-refractivity contribution < 1.29 is 13.2 Å². The number of sulfonamides is 1. The second-order valence-corrected chi connectivity index (χ2v) is 8.74. The lowest BCUT2D eigenvalue weighted by atomic mass is 10.1. The molecule has 1 aliphatic rings. The van der Waals surface area contributed by atoms with Crippen molar-refractivity contribution >= 4 is 21.6 Å². The number of carbonyl (C=O) groups excluding carboxylic acids is 1. The van der Waals surface area contributed by atoms with E-state index >= 15 is 0 Å². The minimum Gasteiger partial charge on any atom is -0.399 e. The van der Waals surface area contributed by atoms with Gasteiger partial charge in [0.25, 0.3) is 0 Å². The molecule has 0 atom stereocenters. The highest BCUT2D eigenvalue weighted by Crippen LogP contribution is 2.20. The van der Waals surface area contributed by atoms with Gasteiger partial charge < -0.3 is 11.1 Å². The molecule has 0 radical (unpaired) electrons. The highest BCUT2D eigenvalue weighted by molar-refractivity contribution is 7.89. The molecular weight excluding hydrogens is 362 g/mol. The van der Waals surface area contributed by atoms with Gasteiger partial charge in [-0.3, -0.25) is 4.79 Å². The minimum absolute atomic E-state index is 0.0928. The summed E-state index contributed by atoms with van der Waals surface area (Å²) in [4.78, 5) is 12.4. The third-order valence-electron chi connectivity index (χ3n) is 4.71. The van der Waals surface area contributed by atoms with Crippen LogP contribution in [0.3, 0.4) is 0 Å². The second kappa shape index (κ2) is 8.54. The molecule has 0 aromatic heterocycles. The monoisotopic (exact) mass is 387 g/mol. The SMILES string of the molecule is Nc1ccc(CC(=O)NCc2ccc(S(=O)(=O)N3CCCCC3)cc2)cc1. The Balaban J connectivity index is 1.55. The molecule has 1 amide bonds. The van der Waals surface area contributed by atoms with Crippen LogP contribution in [0.25, 0.3) is 0 Å². The number of nitrogens with one attached hydrogen (secondary N) is 1. The lowest BCUT2D eigenvalue weighted by Gasteiger charge is -2.25. The molecule has 0 spiro atoms. The van der Waals surface area contributed by atoms with Crippen LogP contribution in [0.2, 0.25) is 0 Å². The maximum absolute atomic E-state index is 12.6. The van der Waals surface area contributed by atoms with Gasteiger partial charge in [0.15, 0.2) is 0 Å². The fraction of sp³-hybridized carbons (Fsp3) is 0.350. The first-order valence-electron chi connectivity index (χ1n) is 9.15. The second-order valence-electron chi connectivity index (χ2n) is 6.80. The zero-order chi connectivity index (χ0) is 19.3. The summed E-state index contributed by atoms with van der Waals surface area (Å²) in [6.07, 6.45) is 3.19. The van der Waals surface area contributed by atoms with Crippen molar-refractivity contribution in [3.8, 4) is 0 Å². The Morgan fingerprint density at radius 1 is 0.926 bits per heavy atom. The molecule has 7 heteroatoms. The van der Waals surface area contributed by atoms with E-state index in [4.69, 9.17) is 5.73 Å². The number of hydrogen-bond donors (Lipinski definition) is 2. The zero-order valence-corrected chi connectivity index (χ0v) is 16.0. The molecule has 2 aromatic carbocycles. The first-order valence-corrected chi connectivity index (χ1v) is 10.6. The Labute approximate surface area is 160 Å². The molecule has 1 saturated heterocycles. The van der Waals surface area contributed by atoms with E-state index in [1.54, 1.807) is 40.7 Å². The fourth-order valence-electron chi connectivity index (χ4n) is 3.12. The van der Waals surface area contributed by atoms with Crippen LogP contribution in [0.1, 0.15) is 30.4 Å². The van der Waals surface area contributed by atoms with Crippen LogP contribution < -0.4 is 11.1 Å². The number of rotatable bonds is 6. The van der Waals surface area contributed by atoms with Crippen molar-refractivity contribution in [3.63, 3.8) is 0 Å². The van der Waals surface area contributed by atoms with Gasteiger partial charge in [0.05, 0.1) is 11.3 Å². The lowest BCUT2D eigenvalue weighted by Crippen LogP contribution is -2.35. The molecule has 1 aliphatic heterocycles. The van der Waals surface area contributed by atoms with Gasteiger partial charge in [-0.05, 0) is 48.2 Å². The van der Waals surface area contributed by atoms with Gasteiger partial charge in [-0.15, -0.1) is 0 Å². The van der Waals surface area contributed by atoms with Crippen molar-refractivity contribution in [2.75, 3.05) is 18.8 Å². The molecule has 0 unspecified atom stereocenters. The summed E-state index contributed by atoms with van der Waals surface area (Å²) in [5.41, 5.74) is 8.05. The van der Waals surface area contributed by atoms with Crippen LogP contribution in [-0.2, 0) is 27.8 Å². The largest absolute Gasteiger partial charge is 0.399 e. The van der Waals surface area contributed by atoms with E-state index in [0.717, 1.165) is 30.4 Å². The fourth-order valence-corrected chi connectivity index (χ4v) is 4.63. The number of anilines is 1. The highest BCUT2D eigenvalue weighted by Gasteiger charge is 2.25. The first kappa shape index (κ1) is 19.4. The summed E-state index contributed by atoms with van der Waals surface area (Å²) in [5.74, 6) is -0.0928. The Kier molecular flexibility index (Phi) is 6.13. The lowest BCUT2D eigenvalue weighted by molar-refractivity contribution is -0.120. The minimum atomic E-state index is -3.42. The van der Waals surface area contributed by atoms with Gasteiger partial charge in [0, 0.05) is 25.3 Å². The van der Waals surface area contributed by atoms with E-state index < -0.39 is 10.0 Å². The number of amides is 1. The van der Waals surface area contributed by atoms with E-state index in [0.29, 0.717) is 30.2 Å². The zero-order valence-electron chi connectivity index (χ0n) is 15.2. The van der Waals surface area contributed by atoms with Crippen LogP contribution in [0.5, 0.6) is 0 Å². The van der Waals surface area contributed by atoms with Crippen molar-refractivity contribution in [2.45, 2.75) is 37.1 Å². The molecule has 3 rings (SSSR count). The summed E-state index contributed by atoms with van der Waals surface area (Å²) < 4.78 is 26.8. The molecule has 0 aliphatic carbocycles. The van der Waals surface area contributed by atoms with Gasteiger partial charge in [-0.2, -0.15) is 4.31 Å². The molecule has 6 nitrogen and oxygen atoms in total. The average molecular weight is 388 g/mol. The molecule has 0 saturated carbocycles. The Morgan fingerprint density at radius 2 is 1.52 bits per heavy atom. The number of hydrogen-bond acceptors (Lipinski definition) is 4. The van der Waals surface area contributed by atoms with E-state index in [1.165, 1.54) is 0 Å². The molecule has 1 heterocycles. The molecular formula is C20H25N3O3S. The van der Waals surface area contributed by atoms with Crippen LogP contribution in [0.4, 0.5) is 5.69 Å². The Hall–Kier alpha value is -2.38. The number of nitrogens with two attached hydrogens (primary N) is 1. The summed E-state index contributed by atoms with van der Waals surface area (Å²) >= 11 is 0. The predicted molar refractivity (Wildman–Crippen MR) is 105 cm³/mol.